The summed E-state index contributed by atoms with van der Waals surface area (Å²) in [5.41, 5.74) is 3.81. The van der Waals surface area contributed by atoms with E-state index in [0.717, 1.165) is 28.9 Å². The molecular weight excluding hydrogens is 324 g/mol. The molecule has 1 aliphatic heterocycles. The van der Waals surface area contributed by atoms with Crippen LogP contribution < -0.4 is 15.4 Å². The van der Waals surface area contributed by atoms with E-state index in [-0.39, 0.29) is 24.4 Å². The van der Waals surface area contributed by atoms with Crippen LogP contribution in [0.5, 0.6) is 5.75 Å². The first-order chi connectivity index (χ1) is 11.5. The molecule has 0 saturated heterocycles. The van der Waals surface area contributed by atoms with Gasteiger partial charge in [-0.25, -0.2) is 0 Å². The van der Waals surface area contributed by atoms with Crippen molar-refractivity contribution >= 4 is 23.2 Å². The second-order valence-electron chi connectivity index (χ2n) is 5.95. The molecule has 24 heavy (non-hydrogen) atoms. The normalized spacial score (nSPS) is 16.0. The van der Waals surface area contributed by atoms with Gasteiger partial charge in [-0.15, -0.1) is 0 Å². The molecule has 2 N–H and O–H groups in total. The van der Waals surface area contributed by atoms with E-state index in [4.69, 9.17) is 4.74 Å². The zero-order valence-corrected chi connectivity index (χ0v) is 14.5. The Balaban J connectivity index is 1.63. The molecule has 3 rings (SSSR count). The summed E-state index contributed by atoms with van der Waals surface area (Å²) in [4.78, 5) is 24.1. The smallest absolute Gasteiger partial charge is 0.252 e. The number of thiophene rings is 1. The second-order valence-corrected chi connectivity index (χ2v) is 6.73. The molecule has 1 aromatic heterocycles. The highest BCUT2D eigenvalue weighted by atomic mass is 32.1. The van der Waals surface area contributed by atoms with E-state index in [9.17, 15) is 9.59 Å². The van der Waals surface area contributed by atoms with E-state index in [1.165, 1.54) is 11.3 Å². The SMILES string of the molecule is Cc1cc(C)c2c(c1)[C@@H](NC(=O)CNC(=O)c1ccsc1)CCO2. The van der Waals surface area contributed by atoms with Gasteiger partial charge in [-0.1, -0.05) is 17.7 Å². The number of carbonyl (C=O) groups excluding carboxylic acids is 2. The van der Waals surface area contributed by atoms with Crippen LogP contribution in [0.25, 0.3) is 0 Å². The van der Waals surface area contributed by atoms with Crippen molar-refractivity contribution in [3.05, 3.63) is 51.2 Å². The van der Waals surface area contributed by atoms with Crippen LogP contribution in [0, 0.1) is 13.8 Å². The van der Waals surface area contributed by atoms with Crippen molar-refractivity contribution in [3.63, 3.8) is 0 Å². The Labute approximate surface area is 145 Å². The van der Waals surface area contributed by atoms with Gasteiger partial charge in [0.25, 0.3) is 5.91 Å². The Morgan fingerprint density at radius 2 is 2.17 bits per heavy atom. The Bertz CT molecular complexity index is 756. The summed E-state index contributed by atoms with van der Waals surface area (Å²) in [6.07, 6.45) is 0.722. The molecule has 1 atom stereocenters. The predicted molar refractivity (Wildman–Crippen MR) is 93.6 cm³/mol. The minimum Gasteiger partial charge on any atom is -0.493 e. The molecular formula is C18H20N2O3S. The van der Waals surface area contributed by atoms with Gasteiger partial charge in [0.05, 0.1) is 19.2 Å². The molecule has 6 heteroatoms. The first-order valence-electron chi connectivity index (χ1n) is 7.88. The summed E-state index contributed by atoms with van der Waals surface area (Å²) in [7, 11) is 0. The van der Waals surface area contributed by atoms with E-state index in [1.807, 2.05) is 19.2 Å². The molecule has 126 valence electrons. The fourth-order valence-electron chi connectivity index (χ4n) is 2.93. The first-order valence-corrected chi connectivity index (χ1v) is 8.82. The standard InChI is InChI=1S/C18H20N2O3S/c1-11-7-12(2)17-14(8-11)15(3-5-23-17)20-16(21)9-19-18(22)13-4-6-24-10-13/h4,6-8,10,15H,3,5,9H2,1-2H3,(H,19,22)(H,20,21)/t15-/m0/s1. The minimum absolute atomic E-state index is 0.0355. The molecule has 0 fully saturated rings. The van der Waals surface area contributed by atoms with Crippen molar-refractivity contribution in [3.8, 4) is 5.75 Å². The maximum Gasteiger partial charge on any atom is 0.252 e. The van der Waals surface area contributed by atoms with Crippen LogP contribution >= 0.6 is 11.3 Å². The summed E-state index contributed by atoms with van der Waals surface area (Å²) in [6, 6.07) is 5.77. The number of amides is 2. The van der Waals surface area contributed by atoms with E-state index in [0.29, 0.717) is 12.2 Å². The van der Waals surface area contributed by atoms with E-state index in [1.54, 1.807) is 11.4 Å². The Hall–Kier alpha value is -2.34. The van der Waals surface area contributed by atoms with Crippen LogP contribution in [-0.2, 0) is 4.79 Å². The Morgan fingerprint density at radius 3 is 2.92 bits per heavy atom. The van der Waals surface area contributed by atoms with Crippen LogP contribution in [0.3, 0.4) is 0 Å². The molecule has 2 heterocycles. The van der Waals surface area contributed by atoms with Crippen LogP contribution in [0.1, 0.15) is 39.5 Å². The number of rotatable bonds is 4. The molecule has 2 aromatic rings. The summed E-state index contributed by atoms with van der Waals surface area (Å²) < 4.78 is 5.75. The third kappa shape index (κ3) is 3.59. The van der Waals surface area contributed by atoms with Gasteiger partial charge in [0.15, 0.2) is 0 Å². The average Bonchev–Trinajstić information content (AvgIpc) is 3.08. The van der Waals surface area contributed by atoms with E-state index >= 15 is 0 Å². The number of benzene rings is 1. The summed E-state index contributed by atoms with van der Waals surface area (Å²) in [5.74, 6) is 0.431. The fourth-order valence-corrected chi connectivity index (χ4v) is 3.57. The van der Waals surface area contributed by atoms with E-state index in [2.05, 4.69) is 22.8 Å². The lowest BCUT2D eigenvalue weighted by atomic mass is 9.95. The number of fused-ring (bicyclic) bond motifs is 1. The van der Waals surface area contributed by atoms with Crippen molar-refractivity contribution in [2.24, 2.45) is 0 Å². The van der Waals surface area contributed by atoms with Gasteiger partial charge in [-0.2, -0.15) is 11.3 Å². The highest BCUT2D eigenvalue weighted by Crippen LogP contribution is 2.35. The van der Waals surface area contributed by atoms with Crippen LogP contribution in [0.4, 0.5) is 0 Å². The molecule has 5 nitrogen and oxygen atoms in total. The number of ether oxygens (including phenoxy) is 1. The van der Waals surface area contributed by atoms with Crippen LogP contribution in [-0.4, -0.2) is 25.0 Å². The molecule has 0 bridgehead atoms. The maximum absolute atomic E-state index is 12.2. The summed E-state index contributed by atoms with van der Waals surface area (Å²) >= 11 is 1.45. The monoisotopic (exact) mass is 344 g/mol. The highest BCUT2D eigenvalue weighted by molar-refractivity contribution is 7.08. The van der Waals surface area contributed by atoms with Crippen LogP contribution in [0.15, 0.2) is 29.0 Å². The van der Waals surface area contributed by atoms with Crippen molar-refractivity contribution in [2.75, 3.05) is 13.2 Å². The molecule has 0 radical (unpaired) electrons. The fraction of sp³-hybridized carbons (Fsp3) is 0.333. The average molecular weight is 344 g/mol. The quantitative estimate of drug-likeness (QED) is 0.896. The molecule has 1 aliphatic rings. The first kappa shape index (κ1) is 16.5. The number of hydrogen-bond donors (Lipinski definition) is 2. The maximum atomic E-state index is 12.2. The highest BCUT2D eigenvalue weighted by Gasteiger charge is 2.24. The minimum atomic E-state index is -0.231. The molecule has 0 saturated carbocycles. The Kier molecular flexibility index (Phi) is 4.85. The van der Waals surface area contributed by atoms with Crippen molar-refractivity contribution in [1.29, 1.82) is 0 Å². The zero-order valence-electron chi connectivity index (χ0n) is 13.7. The molecule has 2 amide bonds. The lowest BCUT2D eigenvalue weighted by molar-refractivity contribution is -0.121. The number of nitrogens with one attached hydrogen (secondary N) is 2. The van der Waals surface area contributed by atoms with Crippen LogP contribution in [0.2, 0.25) is 0 Å². The third-order valence-corrected chi connectivity index (χ3v) is 4.69. The van der Waals surface area contributed by atoms with E-state index < -0.39 is 0 Å². The van der Waals surface area contributed by atoms with Gasteiger partial charge in [0, 0.05) is 22.9 Å². The van der Waals surface area contributed by atoms with Crippen molar-refractivity contribution in [2.45, 2.75) is 26.3 Å². The van der Waals surface area contributed by atoms with Gasteiger partial charge in [0.1, 0.15) is 5.75 Å². The zero-order chi connectivity index (χ0) is 17.1. The topological polar surface area (TPSA) is 67.4 Å². The number of hydrogen-bond acceptors (Lipinski definition) is 4. The Morgan fingerprint density at radius 1 is 1.33 bits per heavy atom. The van der Waals surface area contributed by atoms with Gasteiger partial charge in [-0.3, -0.25) is 9.59 Å². The lowest BCUT2D eigenvalue weighted by Crippen LogP contribution is -2.40. The summed E-state index contributed by atoms with van der Waals surface area (Å²) in [6.45, 7) is 4.58. The van der Waals surface area contributed by atoms with Gasteiger partial charge >= 0.3 is 0 Å². The lowest BCUT2D eigenvalue weighted by Gasteiger charge is -2.28. The number of carbonyl (C=O) groups is 2. The summed E-state index contributed by atoms with van der Waals surface area (Å²) in [5, 5.41) is 9.23. The molecule has 0 unspecified atom stereocenters. The van der Waals surface area contributed by atoms with Crippen molar-refractivity contribution < 1.29 is 14.3 Å². The third-order valence-electron chi connectivity index (χ3n) is 4.00. The molecule has 1 aromatic carbocycles. The van der Waals surface area contributed by atoms with Gasteiger partial charge in [0.2, 0.25) is 5.91 Å². The second kappa shape index (κ2) is 7.05. The largest absolute Gasteiger partial charge is 0.493 e. The molecule has 0 aliphatic carbocycles. The van der Waals surface area contributed by atoms with Gasteiger partial charge < -0.3 is 15.4 Å². The molecule has 0 spiro atoms. The number of aryl methyl sites for hydroxylation is 2. The van der Waals surface area contributed by atoms with Gasteiger partial charge in [-0.05, 0) is 30.9 Å². The van der Waals surface area contributed by atoms with Crippen molar-refractivity contribution in [1.82, 2.24) is 10.6 Å². The predicted octanol–water partition coefficient (Wildman–Crippen LogP) is 2.73.